The number of rotatable bonds is 5. The van der Waals surface area contributed by atoms with Crippen molar-refractivity contribution in [2.75, 3.05) is 44.6 Å². The van der Waals surface area contributed by atoms with Crippen LogP contribution in [-0.4, -0.2) is 77.4 Å². The first kappa shape index (κ1) is 17.1. The van der Waals surface area contributed by atoms with Gasteiger partial charge in [0.1, 0.15) is 5.82 Å². The molecule has 7 heteroatoms. The predicted octanol–water partition coefficient (Wildman–Crippen LogP) is 0.990. The third kappa shape index (κ3) is 4.42. The van der Waals surface area contributed by atoms with E-state index < -0.39 is 0 Å². The smallest absolute Gasteiger partial charge is 0.239 e. The number of anilines is 1. The van der Waals surface area contributed by atoms with Crippen molar-refractivity contribution >= 4 is 11.7 Å². The molecule has 1 N–H and O–H groups in total. The van der Waals surface area contributed by atoms with Crippen LogP contribution in [0.4, 0.5) is 5.82 Å². The number of morpholine rings is 1. The normalized spacial score (nSPS) is 23.7. The van der Waals surface area contributed by atoms with E-state index in [1.807, 2.05) is 24.0 Å². The second-order valence-corrected chi connectivity index (χ2v) is 6.54. The first-order valence-electron chi connectivity index (χ1n) is 8.90. The molecule has 0 spiro atoms. The number of aromatic nitrogens is 2. The molecule has 0 unspecified atom stereocenters. The molecule has 0 saturated carbocycles. The summed E-state index contributed by atoms with van der Waals surface area (Å²) >= 11 is 0. The second-order valence-electron chi connectivity index (χ2n) is 6.54. The summed E-state index contributed by atoms with van der Waals surface area (Å²) in [7, 11) is 0. The van der Waals surface area contributed by atoms with Gasteiger partial charge in [-0.15, -0.1) is 5.10 Å². The highest BCUT2D eigenvalue weighted by molar-refractivity contribution is 5.81. The number of carbonyl (C=O) groups is 1. The van der Waals surface area contributed by atoms with Gasteiger partial charge in [0, 0.05) is 38.9 Å². The van der Waals surface area contributed by atoms with E-state index in [1.165, 1.54) is 6.42 Å². The SMILES string of the molecule is C[C@@H](C(=O)N1CCCCC1)N1CCO[C@H](CNc2cccnn2)C1. The fourth-order valence-electron chi connectivity index (χ4n) is 3.37. The van der Waals surface area contributed by atoms with E-state index in [2.05, 4.69) is 20.4 Å². The van der Waals surface area contributed by atoms with Crippen molar-refractivity contribution in [1.29, 1.82) is 0 Å². The van der Waals surface area contributed by atoms with Crippen LogP contribution in [0.25, 0.3) is 0 Å². The Morgan fingerprint density at radius 3 is 2.96 bits per heavy atom. The quantitative estimate of drug-likeness (QED) is 0.866. The average molecular weight is 333 g/mol. The van der Waals surface area contributed by atoms with Gasteiger partial charge < -0.3 is 15.0 Å². The summed E-state index contributed by atoms with van der Waals surface area (Å²) in [6.07, 6.45) is 5.21. The molecule has 2 fully saturated rings. The van der Waals surface area contributed by atoms with Gasteiger partial charge in [-0.05, 0) is 38.3 Å². The topological polar surface area (TPSA) is 70.6 Å². The van der Waals surface area contributed by atoms with E-state index in [-0.39, 0.29) is 18.1 Å². The lowest BCUT2D eigenvalue weighted by atomic mass is 10.1. The molecule has 1 amide bonds. The number of nitrogens with zero attached hydrogens (tertiary/aromatic N) is 4. The molecule has 1 aromatic heterocycles. The van der Waals surface area contributed by atoms with Crippen LogP contribution in [0.1, 0.15) is 26.2 Å². The zero-order valence-corrected chi connectivity index (χ0v) is 14.4. The van der Waals surface area contributed by atoms with Crippen LogP contribution in [0.15, 0.2) is 18.3 Å². The number of piperidine rings is 1. The molecule has 24 heavy (non-hydrogen) atoms. The molecule has 3 heterocycles. The van der Waals surface area contributed by atoms with Gasteiger partial charge in [-0.1, -0.05) is 0 Å². The summed E-state index contributed by atoms with van der Waals surface area (Å²) in [5.74, 6) is 1.01. The third-order valence-corrected chi connectivity index (χ3v) is 4.83. The van der Waals surface area contributed by atoms with Crippen molar-refractivity contribution in [3.05, 3.63) is 18.3 Å². The summed E-state index contributed by atoms with van der Waals surface area (Å²) in [6, 6.07) is 3.66. The molecule has 2 aliphatic heterocycles. The molecule has 0 aliphatic carbocycles. The molecule has 2 aliphatic rings. The molecular weight excluding hydrogens is 306 g/mol. The van der Waals surface area contributed by atoms with E-state index in [1.54, 1.807) is 6.20 Å². The number of nitrogens with one attached hydrogen (secondary N) is 1. The molecule has 3 rings (SSSR count). The second kappa shape index (κ2) is 8.39. The van der Waals surface area contributed by atoms with Crippen molar-refractivity contribution < 1.29 is 9.53 Å². The maximum absolute atomic E-state index is 12.7. The van der Waals surface area contributed by atoms with Gasteiger partial charge in [-0.2, -0.15) is 5.10 Å². The number of carbonyl (C=O) groups excluding carboxylic acids is 1. The summed E-state index contributed by atoms with van der Waals surface area (Å²) in [6.45, 7) is 6.73. The van der Waals surface area contributed by atoms with E-state index in [0.29, 0.717) is 13.2 Å². The molecule has 0 bridgehead atoms. The maximum Gasteiger partial charge on any atom is 0.239 e. The minimum atomic E-state index is -0.0778. The van der Waals surface area contributed by atoms with Crippen molar-refractivity contribution in [3.8, 4) is 0 Å². The lowest BCUT2D eigenvalue weighted by Gasteiger charge is -2.38. The number of amides is 1. The minimum absolute atomic E-state index is 0.0531. The highest BCUT2D eigenvalue weighted by Crippen LogP contribution is 2.15. The molecule has 132 valence electrons. The molecule has 7 nitrogen and oxygen atoms in total. The number of ether oxygens (including phenoxy) is 1. The summed E-state index contributed by atoms with van der Waals surface area (Å²) in [4.78, 5) is 17.0. The highest BCUT2D eigenvalue weighted by Gasteiger charge is 2.30. The Bertz CT molecular complexity index is 521. The van der Waals surface area contributed by atoms with Gasteiger partial charge in [0.15, 0.2) is 0 Å². The van der Waals surface area contributed by atoms with Crippen LogP contribution in [0.5, 0.6) is 0 Å². The number of hydrogen-bond acceptors (Lipinski definition) is 6. The Balaban J connectivity index is 1.49. The number of likely N-dealkylation sites (tertiary alicyclic amines) is 1. The zero-order valence-electron chi connectivity index (χ0n) is 14.4. The van der Waals surface area contributed by atoms with Gasteiger partial charge in [-0.3, -0.25) is 9.69 Å². The number of hydrogen-bond donors (Lipinski definition) is 1. The molecular formula is C17H27N5O2. The Morgan fingerprint density at radius 2 is 2.21 bits per heavy atom. The highest BCUT2D eigenvalue weighted by atomic mass is 16.5. The van der Waals surface area contributed by atoms with E-state index >= 15 is 0 Å². The van der Waals surface area contributed by atoms with Crippen LogP contribution in [0, 0.1) is 0 Å². The standard InChI is InChI=1S/C17H27N5O2/c1-14(17(23)21-8-3-2-4-9-21)22-10-11-24-15(13-22)12-18-16-6-5-7-19-20-16/h5-7,14-15H,2-4,8-13H2,1H3,(H,18,20)/t14-,15+/m0/s1. The van der Waals surface area contributed by atoms with Gasteiger partial charge in [-0.25, -0.2) is 0 Å². The average Bonchev–Trinajstić information content (AvgIpc) is 2.67. The van der Waals surface area contributed by atoms with E-state index in [0.717, 1.165) is 44.8 Å². The predicted molar refractivity (Wildman–Crippen MR) is 91.7 cm³/mol. The summed E-state index contributed by atoms with van der Waals surface area (Å²) < 4.78 is 5.83. The Hall–Kier alpha value is -1.73. The van der Waals surface area contributed by atoms with Crippen molar-refractivity contribution in [2.45, 2.75) is 38.3 Å². The monoisotopic (exact) mass is 333 g/mol. The van der Waals surface area contributed by atoms with Crippen LogP contribution in [0.2, 0.25) is 0 Å². The molecule has 1 aromatic rings. The minimum Gasteiger partial charge on any atom is -0.374 e. The first-order valence-corrected chi connectivity index (χ1v) is 8.90. The third-order valence-electron chi connectivity index (χ3n) is 4.83. The van der Waals surface area contributed by atoms with Crippen LogP contribution >= 0.6 is 0 Å². The van der Waals surface area contributed by atoms with Gasteiger partial charge in [0.05, 0.1) is 18.8 Å². The lowest BCUT2D eigenvalue weighted by molar-refractivity contribution is -0.140. The maximum atomic E-state index is 12.7. The van der Waals surface area contributed by atoms with Crippen LogP contribution in [-0.2, 0) is 9.53 Å². The molecule has 0 aromatic carbocycles. The van der Waals surface area contributed by atoms with Gasteiger partial charge in [0.25, 0.3) is 0 Å². The Kier molecular flexibility index (Phi) is 5.98. The van der Waals surface area contributed by atoms with E-state index in [9.17, 15) is 4.79 Å². The Labute approximate surface area is 143 Å². The summed E-state index contributed by atoms with van der Waals surface area (Å²) in [5.41, 5.74) is 0. The fourth-order valence-corrected chi connectivity index (χ4v) is 3.37. The largest absolute Gasteiger partial charge is 0.374 e. The van der Waals surface area contributed by atoms with E-state index in [4.69, 9.17) is 4.74 Å². The van der Waals surface area contributed by atoms with Crippen LogP contribution < -0.4 is 5.32 Å². The lowest BCUT2D eigenvalue weighted by Crippen LogP contribution is -2.54. The van der Waals surface area contributed by atoms with Crippen molar-refractivity contribution in [2.24, 2.45) is 0 Å². The zero-order chi connectivity index (χ0) is 16.8. The molecule has 2 saturated heterocycles. The van der Waals surface area contributed by atoms with Gasteiger partial charge >= 0.3 is 0 Å². The van der Waals surface area contributed by atoms with Crippen molar-refractivity contribution in [3.63, 3.8) is 0 Å². The van der Waals surface area contributed by atoms with Crippen molar-refractivity contribution in [1.82, 2.24) is 20.0 Å². The molecule has 2 atom stereocenters. The first-order chi connectivity index (χ1) is 11.7. The molecule has 0 radical (unpaired) electrons. The summed E-state index contributed by atoms with van der Waals surface area (Å²) in [5, 5.41) is 11.1. The van der Waals surface area contributed by atoms with Crippen LogP contribution in [0.3, 0.4) is 0 Å². The fraction of sp³-hybridized carbons (Fsp3) is 0.706. The van der Waals surface area contributed by atoms with Gasteiger partial charge in [0.2, 0.25) is 5.91 Å². The Morgan fingerprint density at radius 1 is 1.38 bits per heavy atom.